The first kappa shape index (κ1) is 20.8. The number of nitrogens with one attached hydrogen (secondary N) is 2. The van der Waals surface area contributed by atoms with Crippen LogP contribution in [0.3, 0.4) is 0 Å². The molecule has 1 heterocycles. The first-order chi connectivity index (χ1) is 14.5. The van der Waals surface area contributed by atoms with Crippen molar-refractivity contribution in [2.75, 3.05) is 5.32 Å². The van der Waals surface area contributed by atoms with Gasteiger partial charge >= 0.3 is 0 Å². The first-order valence-electron chi connectivity index (χ1n) is 10.0. The Balaban J connectivity index is 1.59. The number of carbonyl (C=O) groups excluding carboxylic acids is 1. The molecule has 2 N–H and O–H groups in total. The standard InChI is InChI=1S/C23H24N2O3S2/c26-23(24-20-13-6-11-18-10-4-5-12-19(18)20)21(16-17-8-2-1-3-9-17)25-30(27,28)22-14-7-15-29-22/h1-3,6-9,11,13-15,21,25H,4-5,10,12,16H2,(H,24,26)/t21-/m0/s1. The zero-order valence-corrected chi connectivity index (χ0v) is 18.1. The SMILES string of the molecule is O=C(Nc1cccc2c1CCCC2)[C@H](Cc1ccccc1)NS(=O)(=O)c1cccs1. The zero-order valence-electron chi connectivity index (χ0n) is 16.5. The van der Waals surface area contributed by atoms with Gasteiger partial charge in [-0.3, -0.25) is 4.79 Å². The van der Waals surface area contributed by atoms with E-state index < -0.39 is 16.1 Å². The first-order valence-corrected chi connectivity index (χ1v) is 12.4. The molecule has 1 aliphatic rings. The summed E-state index contributed by atoms with van der Waals surface area (Å²) < 4.78 is 28.4. The Morgan fingerprint density at radius 3 is 2.53 bits per heavy atom. The van der Waals surface area contributed by atoms with Gasteiger partial charge < -0.3 is 5.32 Å². The molecule has 7 heteroatoms. The summed E-state index contributed by atoms with van der Waals surface area (Å²) in [6.07, 6.45) is 4.46. The topological polar surface area (TPSA) is 75.3 Å². The molecule has 0 bridgehead atoms. The van der Waals surface area contributed by atoms with Gasteiger partial charge in [0, 0.05) is 5.69 Å². The van der Waals surface area contributed by atoms with Crippen molar-refractivity contribution in [2.24, 2.45) is 0 Å². The van der Waals surface area contributed by atoms with Gasteiger partial charge in [0.25, 0.3) is 10.0 Å². The second kappa shape index (κ2) is 9.12. The molecule has 0 radical (unpaired) electrons. The normalized spacial score (nSPS) is 14.7. The number of fused-ring (bicyclic) bond motifs is 1. The van der Waals surface area contributed by atoms with Crippen LogP contribution in [0.4, 0.5) is 5.69 Å². The van der Waals surface area contributed by atoms with Gasteiger partial charge in [-0.15, -0.1) is 11.3 Å². The Morgan fingerprint density at radius 2 is 1.77 bits per heavy atom. The maximum absolute atomic E-state index is 13.2. The summed E-state index contributed by atoms with van der Waals surface area (Å²) in [4.78, 5) is 13.2. The zero-order chi connectivity index (χ0) is 21.0. The van der Waals surface area contributed by atoms with Gasteiger partial charge in [-0.2, -0.15) is 4.72 Å². The highest BCUT2D eigenvalue weighted by molar-refractivity contribution is 7.91. The average molecular weight is 441 g/mol. The summed E-state index contributed by atoms with van der Waals surface area (Å²) in [5.41, 5.74) is 4.10. The molecule has 2 aromatic carbocycles. The lowest BCUT2D eigenvalue weighted by molar-refractivity contribution is -0.117. The monoisotopic (exact) mass is 440 g/mol. The molecule has 0 unspecified atom stereocenters. The van der Waals surface area contributed by atoms with Crippen LogP contribution in [0, 0.1) is 0 Å². The molecule has 0 saturated carbocycles. The third kappa shape index (κ3) is 4.80. The summed E-state index contributed by atoms with van der Waals surface area (Å²) in [7, 11) is -3.78. The Bertz CT molecular complexity index is 1110. The van der Waals surface area contributed by atoms with Crippen LogP contribution in [0.5, 0.6) is 0 Å². The number of aryl methyl sites for hydroxylation is 1. The third-order valence-electron chi connectivity index (χ3n) is 5.31. The van der Waals surface area contributed by atoms with Crippen LogP contribution < -0.4 is 10.0 Å². The highest BCUT2D eigenvalue weighted by atomic mass is 32.2. The molecule has 1 aromatic heterocycles. The summed E-state index contributed by atoms with van der Waals surface area (Å²) in [6, 6.07) is 17.7. The van der Waals surface area contributed by atoms with Gasteiger partial charge in [-0.25, -0.2) is 8.42 Å². The molecule has 1 amide bonds. The molecular weight excluding hydrogens is 416 g/mol. The fourth-order valence-electron chi connectivity index (χ4n) is 3.82. The molecule has 30 heavy (non-hydrogen) atoms. The number of hydrogen-bond donors (Lipinski definition) is 2. The molecule has 5 nitrogen and oxygen atoms in total. The molecular formula is C23H24N2O3S2. The fraction of sp³-hybridized carbons (Fsp3) is 0.261. The van der Waals surface area contributed by atoms with Gasteiger partial charge in [-0.1, -0.05) is 48.5 Å². The Labute approximate surface area is 181 Å². The second-order valence-corrected chi connectivity index (χ2v) is 10.3. The van der Waals surface area contributed by atoms with Crippen LogP contribution in [0.25, 0.3) is 0 Å². The summed E-state index contributed by atoms with van der Waals surface area (Å²) in [5, 5.41) is 4.70. The number of carbonyl (C=O) groups is 1. The molecule has 1 atom stereocenters. The Hall–Kier alpha value is -2.48. The van der Waals surface area contributed by atoms with E-state index in [1.807, 2.05) is 42.5 Å². The van der Waals surface area contributed by atoms with E-state index in [-0.39, 0.29) is 16.5 Å². The molecule has 0 spiro atoms. The number of hydrogen-bond acceptors (Lipinski definition) is 4. The molecule has 4 rings (SSSR count). The van der Waals surface area contributed by atoms with E-state index in [2.05, 4.69) is 16.1 Å². The number of amides is 1. The summed E-state index contributed by atoms with van der Waals surface area (Å²) in [6.45, 7) is 0. The minimum absolute atomic E-state index is 0.199. The molecule has 1 aliphatic carbocycles. The van der Waals surface area contributed by atoms with Gasteiger partial charge in [0.05, 0.1) is 0 Å². The van der Waals surface area contributed by atoms with Gasteiger partial charge in [0.1, 0.15) is 10.3 Å². The van der Waals surface area contributed by atoms with E-state index in [9.17, 15) is 13.2 Å². The minimum Gasteiger partial charge on any atom is -0.324 e. The van der Waals surface area contributed by atoms with E-state index in [1.54, 1.807) is 11.4 Å². The fourth-order valence-corrected chi connectivity index (χ4v) is 6.02. The molecule has 0 fully saturated rings. The third-order valence-corrected chi connectivity index (χ3v) is 8.18. The number of anilines is 1. The van der Waals surface area contributed by atoms with Crippen LogP contribution >= 0.6 is 11.3 Å². The van der Waals surface area contributed by atoms with Gasteiger partial charge in [0.2, 0.25) is 5.91 Å². The highest BCUT2D eigenvalue weighted by Crippen LogP contribution is 2.28. The van der Waals surface area contributed by atoms with Crippen molar-refractivity contribution >= 4 is 33.0 Å². The van der Waals surface area contributed by atoms with Crippen molar-refractivity contribution < 1.29 is 13.2 Å². The number of rotatable bonds is 7. The largest absolute Gasteiger partial charge is 0.324 e. The summed E-state index contributed by atoms with van der Waals surface area (Å²) in [5.74, 6) is -0.349. The lowest BCUT2D eigenvalue weighted by Gasteiger charge is -2.22. The van der Waals surface area contributed by atoms with Crippen LogP contribution in [-0.4, -0.2) is 20.4 Å². The van der Waals surface area contributed by atoms with Crippen molar-refractivity contribution in [3.63, 3.8) is 0 Å². The number of sulfonamides is 1. The summed E-state index contributed by atoms with van der Waals surface area (Å²) >= 11 is 1.13. The molecule has 3 aromatic rings. The van der Waals surface area contributed by atoms with E-state index in [0.717, 1.165) is 53.8 Å². The molecule has 0 aliphatic heterocycles. The van der Waals surface area contributed by atoms with Crippen LogP contribution in [0.2, 0.25) is 0 Å². The van der Waals surface area contributed by atoms with E-state index in [1.165, 1.54) is 11.6 Å². The predicted octanol–water partition coefficient (Wildman–Crippen LogP) is 4.16. The van der Waals surface area contributed by atoms with E-state index in [0.29, 0.717) is 0 Å². The Morgan fingerprint density at radius 1 is 0.967 bits per heavy atom. The minimum atomic E-state index is -3.78. The molecule has 0 saturated heterocycles. The number of thiophene rings is 1. The second-order valence-electron chi connectivity index (χ2n) is 7.44. The lowest BCUT2D eigenvalue weighted by atomic mass is 9.90. The number of benzene rings is 2. The van der Waals surface area contributed by atoms with Crippen molar-refractivity contribution in [1.29, 1.82) is 0 Å². The van der Waals surface area contributed by atoms with Crippen molar-refractivity contribution in [3.8, 4) is 0 Å². The van der Waals surface area contributed by atoms with E-state index >= 15 is 0 Å². The average Bonchev–Trinajstić information content (AvgIpc) is 3.30. The van der Waals surface area contributed by atoms with Crippen LogP contribution in [0.1, 0.15) is 29.5 Å². The maximum atomic E-state index is 13.2. The van der Waals surface area contributed by atoms with Crippen LogP contribution in [0.15, 0.2) is 70.3 Å². The lowest BCUT2D eigenvalue weighted by Crippen LogP contribution is -2.45. The quantitative estimate of drug-likeness (QED) is 0.579. The van der Waals surface area contributed by atoms with Crippen molar-refractivity contribution in [1.82, 2.24) is 4.72 Å². The van der Waals surface area contributed by atoms with Crippen LogP contribution in [-0.2, 0) is 34.1 Å². The van der Waals surface area contributed by atoms with Crippen molar-refractivity contribution in [2.45, 2.75) is 42.4 Å². The van der Waals surface area contributed by atoms with E-state index in [4.69, 9.17) is 0 Å². The predicted molar refractivity (Wildman–Crippen MR) is 120 cm³/mol. The van der Waals surface area contributed by atoms with Gasteiger partial charge in [0.15, 0.2) is 0 Å². The van der Waals surface area contributed by atoms with Gasteiger partial charge in [-0.05, 0) is 66.3 Å². The highest BCUT2D eigenvalue weighted by Gasteiger charge is 2.27. The smallest absolute Gasteiger partial charge is 0.250 e. The Kier molecular flexibility index (Phi) is 6.32. The van der Waals surface area contributed by atoms with Crippen molar-refractivity contribution in [3.05, 3.63) is 82.7 Å². The maximum Gasteiger partial charge on any atom is 0.250 e. The molecule has 156 valence electrons.